The number of ether oxygens (including phenoxy) is 8. The SMILES string of the molecule is CCOC(=O)c1c(C)[nH]c2cc3c(cc12)OC12CCCN1CCCC2C3.CCOC(=O)c1c(C)[nH]c2ccc(O)cc12.CCOC(=O)c1c(C)[nH]c2ccc(OC)cc12.COC(=O)c1c(C)[nH]c2ccc(OC)cc12.COc1ccc2[nH]c(C)c(C=O)c2c1. The number of methoxy groups -OCH3 is 4. The monoisotopic (exact) mass is 1210 g/mol. The lowest BCUT2D eigenvalue weighted by Gasteiger charge is -2.50. The summed E-state index contributed by atoms with van der Waals surface area (Å²) in [6.07, 6.45) is 6.77. The highest BCUT2D eigenvalue weighted by Gasteiger charge is 2.53. The fraction of sp³-hybridized carbons (Fsp3) is 0.348. The predicted octanol–water partition coefficient (Wildman–Crippen LogP) is 13.4. The van der Waals surface area contributed by atoms with Crippen molar-refractivity contribution in [3.63, 3.8) is 0 Å². The second-order valence-electron chi connectivity index (χ2n) is 22.0. The number of phenols is 1. The number of benzene rings is 5. The summed E-state index contributed by atoms with van der Waals surface area (Å²) in [4.78, 5) is 76.9. The van der Waals surface area contributed by atoms with Crippen LogP contribution >= 0.6 is 0 Å². The van der Waals surface area contributed by atoms with Crippen molar-refractivity contribution in [1.29, 1.82) is 0 Å². The van der Waals surface area contributed by atoms with Gasteiger partial charge in [-0.15, -0.1) is 0 Å². The third-order valence-corrected chi connectivity index (χ3v) is 16.6. The highest BCUT2D eigenvalue weighted by atomic mass is 16.5. The molecule has 20 nitrogen and oxygen atoms in total. The van der Waals surface area contributed by atoms with Crippen molar-refractivity contribution in [3.8, 4) is 28.7 Å². The summed E-state index contributed by atoms with van der Waals surface area (Å²) in [7, 11) is 6.19. The highest BCUT2D eigenvalue weighted by Crippen LogP contribution is 2.50. The fourth-order valence-electron chi connectivity index (χ4n) is 12.5. The zero-order valence-electron chi connectivity index (χ0n) is 52.5. The number of aromatic nitrogens is 5. The minimum absolute atomic E-state index is 0.117. The van der Waals surface area contributed by atoms with Crippen LogP contribution < -0.4 is 18.9 Å². The summed E-state index contributed by atoms with van der Waals surface area (Å²) in [6, 6.07) is 25.9. The van der Waals surface area contributed by atoms with Crippen LogP contribution in [0.3, 0.4) is 0 Å². The molecule has 10 aromatic rings. The van der Waals surface area contributed by atoms with E-state index in [0.717, 1.165) is 133 Å². The number of phenolic OH excluding ortho intramolecular Hbond substituents is 1. The van der Waals surface area contributed by atoms with Gasteiger partial charge in [-0.2, -0.15) is 0 Å². The first kappa shape index (κ1) is 63.8. The third-order valence-electron chi connectivity index (χ3n) is 16.6. The molecule has 5 aromatic heterocycles. The van der Waals surface area contributed by atoms with E-state index in [1.165, 1.54) is 31.9 Å². The number of aryl methyl sites for hydroxylation is 5. The first-order chi connectivity index (χ1) is 42.8. The quantitative estimate of drug-likeness (QED) is 0.0400. The van der Waals surface area contributed by atoms with Gasteiger partial charge >= 0.3 is 23.9 Å². The molecule has 0 amide bonds. The number of aldehydes is 1. The number of nitrogens with zero attached hydrogens (tertiary/aromatic N) is 1. The standard InChI is InChI=1S/C21H26N2O3.C13H15NO3.2C12H13NO3.C11H11NO2/c1-3-25-20(24)19-13(2)22-17-11-14-10-15-6-4-8-23-9-5-7-21(15,23)26-18(14)12-16(17)19;1-4-17-13(15)12-8(2)14-11-6-5-9(16-3)7-10(11)12;1-7-11(12(14)16-3)9-6-8(15-2)4-5-10(9)13-7;1-3-16-12(15)11-7(2)13-10-5-4-8(14)6-9(10)11;1-7-10(6-13)9-5-8(14-2)3-4-11(9)12-7/h11-12,15,22H,3-10H2,1-2H3;5-7,14H,4H2,1-3H3;4-6,13H,1-3H3;4-6,13-14H,3H2,1-2H3;3-6,12H,1-2H3. The van der Waals surface area contributed by atoms with Gasteiger partial charge in [-0.1, -0.05) is 0 Å². The lowest BCUT2D eigenvalue weighted by molar-refractivity contribution is -0.134. The summed E-state index contributed by atoms with van der Waals surface area (Å²) in [5.74, 6) is 2.60. The molecule has 3 aliphatic rings. The molecule has 2 fully saturated rings. The number of hydrogen-bond donors (Lipinski definition) is 6. The van der Waals surface area contributed by atoms with E-state index in [1.54, 1.807) is 53.4 Å². The molecule has 0 bridgehead atoms. The lowest BCUT2D eigenvalue weighted by Crippen LogP contribution is -2.59. The van der Waals surface area contributed by atoms with Gasteiger partial charge in [-0.3, -0.25) is 9.69 Å². The highest BCUT2D eigenvalue weighted by molar-refractivity contribution is 6.09. The van der Waals surface area contributed by atoms with E-state index in [4.69, 9.17) is 37.9 Å². The number of esters is 4. The molecule has 0 radical (unpaired) electrons. The van der Waals surface area contributed by atoms with Crippen LogP contribution in [0.2, 0.25) is 0 Å². The van der Waals surface area contributed by atoms with Crippen LogP contribution in [0.1, 0.15) is 132 Å². The number of fused-ring (bicyclic) bond motifs is 6. The summed E-state index contributed by atoms with van der Waals surface area (Å²) in [6.45, 7) is 18.1. The number of nitrogens with one attached hydrogen (secondary N) is 5. The third kappa shape index (κ3) is 13.0. The molecule has 0 saturated carbocycles. The maximum Gasteiger partial charge on any atom is 0.340 e. The van der Waals surface area contributed by atoms with Crippen LogP contribution in [0.5, 0.6) is 28.7 Å². The van der Waals surface area contributed by atoms with Crippen molar-refractivity contribution in [1.82, 2.24) is 29.8 Å². The van der Waals surface area contributed by atoms with Crippen LogP contribution in [0, 0.1) is 40.5 Å². The summed E-state index contributed by atoms with van der Waals surface area (Å²) < 4.78 is 42.2. The molecule has 468 valence electrons. The number of piperidine rings is 1. The van der Waals surface area contributed by atoms with Gasteiger partial charge in [0.1, 0.15) is 28.7 Å². The smallest absolute Gasteiger partial charge is 0.340 e. The number of carbonyl (C=O) groups excluding carboxylic acids is 5. The topological polar surface area (TPSA) is 262 Å². The van der Waals surface area contributed by atoms with E-state index in [-0.39, 0.29) is 35.4 Å². The van der Waals surface area contributed by atoms with Gasteiger partial charge in [-0.05, 0) is 172 Å². The zero-order chi connectivity index (χ0) is 63.8. The molecule has 8 heterocycles. The maximum absolute atomic E-state index is 12.4. The minimum Gasteiger partial charge on any atom is -0.508 e. The zero-order valence-corrected chi connectivity index (χ0v) is 52.5. The van der Waals surface area contributed by atoms with Crippen LogP contribution in [-0.4, -0.2) is 132 Å². The van der Waals surface area contributed by atoms with Crippen LogP contribution in [0.4, 0.5) is 0 Å². The number of aromatic amines is 5. The molecule has 20 heteroatoms. The van der Waals surface area contributed by atoms with E-state index >= 15 is 0 Å². The van der Waals surface area contributed by atoms with E-state index in [1.807, 2.05) is 96.1 Å². The molecular formula is C69H78N6O14. The number of carbonyl (C=O) groups is 5. The number of aromatic hydroxyl groups is 1. The predicted molar refractivity (Wildman–Crippen MR) is 342 cm³/mol. The molecule has 0 aliphatic carbocycles. The molecule has 2 atom stereocenters. The Morgan fingerprint density at radius 1 is 0.539 bits per heavy atom. The molecule has 2 unspecified atom stereocenters. The summed E-state index contributed by atoms with van der Waals surface area (Å²) in [5.41, 5.74) is 12.8. The maximum atomic E-state index is 12.4. The van der Waals surface area contributed by atoms with Gasteiger partial charge in [0.15, 0.2) is 12.0 Å². The Bertz CT molecular complexity index is 4250. The van der Waals surface area contributed by atoms with E-state index in [0.29, 0.717) is 58.9 Å². The normalized spacial score (nSPS) is 15.5. The Labute approximate surface area is 515 Å². The average molecular weight is 1220 g/mol. The van der Waals surface area contributed by atoms with Gasteiger partial charge in [-0.25, -0.2) is 19.2 Å². The van der Waals surface area contributed by atoms with Gasteiger partial charge in [0, 0.05) is 114 Å². The second-order valence-corrected chi connectivity index (χ2v) is 22.0. The van der Waals surface area contributed by atoms with Gasteiger partial charge in [0.25, 0.3) is 0 Å². The Morgan fingerprint density at radius 3 is 1.43 bits per heavy atom. The van der Waals surface area contributed by atoms with Crippen LogP contribution in [0.15, 0.2) is 84.9 Å². The Kier molecular flexibility index (Phi) is 19.8. The average Bonchev–Trinajstić information content (AvgIpc) is 1.75. The molecule has 13 rings (SSSR count). The largest absolute Gasteiger partial charge is 0.508 e. The Morgan fingerprint density at radius 2 is 0.955 bits per heavy atom. The first-order valence-corrected chi connectivity index (χ1v) is 29.8. The summed E-state index contributed by atoms with van der Waals surface area (Å²) in [5, 5.41) is 13.6. The minimum atomic E-state index is -0.364. The van der Waals surface area contributed by atoms with Crippen molar-refractivity contribution >= 4 is 84.7 Å². The van der Waals surface area contributed by atoms with Gasteiger partial charge < -0.3 is 67.9 Å². The number of rotatable bonds is 11. The molecule has 3 aliphatic heterocycles. The van der Waals surface area contributed by atoms with Crippen molar-refractivity contribution in [2.45, 2.75) is 93.2 Å². The molecule has 2 saturated heterocycles. The molecular weight excluding hydrogens is 1140 g/mol. The van der Waals surface area contributed by atoms with Crippen molar-refractivity contribution in [2.75, 3.05) is 61.3 Å². The molecule has 5 aromatic carbocycles. The van der Waals surface area contributed by atoms with E-state index in [9.17, 15) is 29.1 Å². The van der Waals surface area contributed by atoms with Crippen LogP contribution in [-0.2, 0) is 25.4 Å². The fourth-order valence-corrected chi connectivity index (χ4v) is 12.5. The van der Waals surface area contributed by atoms with Crippen molar-refractivity contribution in [3.05, 3.63) is 147 Å². The Balaban J connectivity index is 0.000000135. The molecule has 89 heavy (non-hydrogen) atoms. The number of hydrogen-bond acceptors (Lipinski definition) is 15. The van der Waals surface area contributed by atoms with Crippen molar-refractivity contribution in [2.24, 2.45) is 5.92 Å². The second kappa shape index (κ2) is 27.6. The van der Waals surface area contributed by atoms with Gasteiger partial charge in [0.2, 0.25) is 0 Å². The van der Waals surface area contributed by atoms with Crippen LogP contribution in [0.25, 0.3) is 54.5 Å². The molecule has 1 spiro atoms. The Hall–Kier alpha value is -9.69. The van der Waals surface area contributed by atoms with Crippen molar-refractivity contribution < 1.29 is 67.0 Å². The van der Waals surface area contributed by atoms with E-state index < -0.39 is 0 Å². The first-order valence-electron chi connectivity index (χ1n) is 29.8. The van der Waals surface area contributed by atoms with E-state index in [2.05, 4.69) is 42.0 Å². The number of H-pyrrole nitrogens is 5. The lowest BCUT2D eigenvalue weighted by atomic mass is 9.78. The van der Waals surface area contributed by atoms with Gasteiger partial charge in [0.05, 0.1) is 70.5 Å². The molecule has 6 N–H and O–H groups in total. The summed E-state index contributed by atoms with van der Waals surface area (Å²) >= 11 is 0.